The lowest BCUT2D eigenvalue weighted by molar-refractivity contribution is -0.138. The van der Waals surface area contributed by atoms with Crippen LogP contribution in [0.3, 0.4) is 0 Å². The van der Waals surface area contributed by atoms with Crippen molar-refractivity contribution in [2.24, 2.45) is 0 Å². The smallest absolute Gasteiger partial charge is 0.304 e. The fourth-order valence-electron chi connectivity index (χ4n) is 2.67. The van der Waals surface area contributed by atoms with Crippen LogP contribution in [0.2, 0.25) is 0 Å². The minimum Gasteiger partial charge on any atom is -0.481 e. The molecule has 2 heteroatoms. The highest BCUT2D eigenvalue weighted by atomic mass is 16.4. The van der Waals surface area contributed by atoms with Gasteiger partial charge in [0.1, 0.15) is 0 Å². The second kappa shape index (κ2) is 6.03. The van der Waals surface area contributed by atoms with E-state index in [1.165, 1.54) is 11.1 Å². The largest absolute Gasteiger partial charge is 0.481 e. The molecule has 1 aromatic rings. The van der Waals surface area contributed by atoms with E-state index in [0.717, 1.165) is 12.8 Å². The number of hydrogen-bond acceptors (Lipinski definition) is 1. The zero-order valence-electron chi connectivity index (χ0n) is 11.9. The Bertz CT molecular complexity index is 403. The van der Waals surface area contributed by atoms with E-state index in [2.05, 4.69) is 26.0 Å². The number of aliphatic carboxylic acids is 1. The minimum atomic E-state index is -0.737. The predicted octanol–water partition coefficient (Wildman–Crippen LogP) is 4.34. The normalized spacial score (nSPS) is 11.8. The van der Waals surface area contributed by atoms with Crippen molar-refractivity contribution in [3.05, 3.63) is 35.4 Å². The van der Waals surface area contributed by atoms with Crippen LogP contribution in [-0.4, -0.2) is 11.1 Å². The molecule has 0 radical (unpaired) electrons. The molecule has 0 aliphatic rings. The van der Waals surface area contributed by atoms with E-state index in [0.29, 0.717) is 5.92 Å². The molecule has 18 heavy (non-hydrogen) atoms. The van der Waals surface area contributed by atoms with Crippen molar-refractivity contribution in [1.29, 1.82) is 0 Å². The number of carboxylic acid groups (broad SMARTS) is 1. The van der Waals surface area contributed by atoms with Gasteiger partial charge in [-0.25, -0.2) is 0 Å². The van der Waals surface area contributed by atoms with Crippen LogP contribution in [-0.2, 0) is 10.2 Å². The molecule has 2 nitrogen and oxygen atoms in total. The van der Waals surface area contributed by atoms with Crippen molar-refractivity contribution in [2.75, 3.05) is 0 Å². The van der Waals surface area contributed by atoms with Gasteiger partial charge in [-0.05, 0) is 29.9 Å². The zero-order valence-corrected chi connectivity index (χ0v) is 11.9. The van der Waals surface area contributed by atoms with Gasteiger partial charge in [-0.2, -0.15) is 0 Å². The highest BCUT2D eigenvalue weighted by Crippen LogP contribution is 2.35. The Balaban J connectivity index is 3.19. The molecule has 0 saturated heterocycles. The molecule has 1 N–H and O–H groups in total. The van der Waals surface area contributed by atoms with E-state index >= 15 is 0 Å². The van der Waals surface area contributed by atoms with Gasteiger partial charge in [0, 0.05) is 5.41 Å². The quantitative estimate of drug-likeness (QED) is 0.813. The molecule has 0 heterocycles. The van der Waals surface area contributed by atoms with Crippen LogP contribution >= 0.6 is 0 Å². The van der Waals surface area contributed by atoms with Crippen molar-refractivity contribution in [3.8, 4) is 0 Å². The van der Waals surface area contributed by atoms with Crippen molar-refractivity contribution >= 4 is 5.97 Å². The number of benzene rings is 1. The van der Waals surface area contributed by atoms with Crippen molar-refractivity contribution in [2.45, 2.75) is 58.3 Å². The topological polar surface area (TPSA) is 37.3 Å². The molecular weight excluding hydrogens is 224 g/mol. The Kier molecular flexibility index (Phi) is 4.94. The molecule has 0 aliphatic heterocycles. The van der Waals surface area contributed by atoms with E-state index in [-0.39, 0.29) is 11.8 Å². The van der Waals surface area contributed by atoms with Gasteiger partial charge in [-0.15, -0.1) is 0 Å². The number of hydrogen-bond donors (Lipinski definition) is 1. The molecule has 0 aliphatic carbocycles. The lowest BCUT2D eigenvalue weighted by Crippen LogP contribution is -2.24. The summed E-state index contributed by atoms with van der Waals surface area (Å²) in [4.78, 5) is 11.0. The molecule has 0 unspecified atom stereocenters. The van der Waals surface area contributed by atoms with Crippen molar-refractivity contribution in [1.82, 2.24) is 0 Å². The summed E-state index contributed by atoms with van der Waals surface area (Å²) in [6.45, 7) is 8.41. The van der Waals surface area contributed by atoms with Gasteiger partial charge in [0.15, 0.2) is 0 Å². The summed E-state index contributed by atoms with van der Waals surface area (Å²) in [6.07, 6.45) is 2.36. The van der Waals surface area contributed by atoms with Gasteiger partial charge in [0.25, 0.3) is 0 Å². The van der Waals surface area contributed by atoms with Gasteiger partial charge in [-0.1, -0.05) is 52.0 Å². The molecule has 0 bridgehead atoms. The molecule has 100 valence electrons. The molecular formula is C16H24O2. The third-order valence-corrected chi connectivity index (χ3v) is 3.71. The molecule has 0 amide bonds. The molecule has 0 aromatic heterocycles. The number of carboxylic acids is 1. The van der Waals surface area contributed by atoms with E-state index in [4.69, 9.17) is 5.11 Å². The van der Waals surface area contributed by atoms with E-state index in [1.54, 1.807) is 0 Å². The number of carbonyl (C=O) groups is 1. The maximum atomic E-state index is 11.0. The number of rotatable bonds is 6. The van der Waals surface area contributed by atoms with Crippen molar-refractivity contribution in [3.63, 3.8) is 0 Å². The molecule has 0 spiro atoms. The van der Waals surface area contributed by atoms with Crippen LogP contribution in [0.4, 0.5) is 0 Å². The van der Waals surface area contributed by atoms with Crippen LogP contribution in [0.5, 0.6) is 0 Å². The molecule has 0 fully saturated rings. The van der Waals surface area contributed by atoms with Crippen LogP contribution < -0.4 is 0 Å². The van der Waals surface area contributed by atoms with E-state index in [1.807, 2.05) is 26.0 Å². The van der Waals surface area contributed by atoms with Crippen LogP contribution in [0.1, 0.15) is 64.0 Å². The first-order chi connectivity index (χ1) is 8.42. The first kappa shape index (κ1) is 14.7. The second-order valence-electron chi connectivity index (χ2n) is 5.56. The Morgan fingerprint density at radius 3 is 2.28 bits per heavy atom. The Morgan fingerprint density at radius 1 is 1.22 bits per heavy atom. The first-order valence-electron chi connectivity index (χ1n) is 6.73. The SMILES string of the molecule is CCC(CC)c1ccccc1C(C)(C)CC(=O)O. The minimum absolute atomic E-state index is 0.171. The Morgan fingerprint density at radius 2 is 1.78 bits per heavy atom. The highest BCUT2D eigenvalue weighted by molar-refractivity contribution is 5.69. The fourth-order valence-corrected chi connectivity index (χ4v) is 2.67. The lowest BCUT2D eigenvalue weighted by Gasteiger charge is -2.29. The summed E-state index contributed by atoms with van der Waals surface area (Å²) < 4.78 is 0. The van der Waals surface area contributed by atoms with E-state index in [9.17, 15) is 4.79 Å². The van der Waals surface area contributed by atoms with Gasteiger partial charge in [0.05, 0.1) is 6.42 Å². The average Bonchev–Trinajstić information content (AvgIpc) is 2.29. The summed E-state index contributed by atoms with van der Waals surface area (Å²) >= 11 is 0. The molecule has 0 atom stereocenters. The predicted molar refractivity (Wildman–Crippen MR) is 75.0 cm³/mol. The summed E-state index contributed by atoms with van der Waals surface area (Å²) in [5, 5.41) is 9.05. The standard InChI is InChI=1S/C16H24O2/c1-5-12(6-2)13-9-7-8-10-14(13)16(3,4)11-15(17)18/h7-10,12H,5-6,11H2,1-4H3,(H,17,18). The van der Waals surface area contributed by atoms with Crippen molar-refractivity contribution < 1.29 is 9.90 Å². The third kappa shape index (κ3) is 3.34. The fraction of sp³-hybridized carbons (Fsp3) is 0.562. The summed E-state index contributed by atoms with van der Waals surface area (Å²) in [5.74, 6) is -0.214. The zero-order chi connectivity index (χ0) is 13.8. The first-order valence-corrected chi connectivity index (χ1v) is 6.73. The van der Waals surface area contributed by atoms with Gasteiger partial charge in [0.2, 0.25) is 0 Å². The average molecular weight is 248 g/mol. The highest BCUT2D eigenvalue weighted by Gasteiger charge is 2.27. The lowest BCUT2D eigenvalue weighted by atomic mass is 9.75. The molecule has 1 aromatic carbocycles. The summed E-state index contributed by atoms with van der Waals surface area (Å²) in [7, 11) is 0. The van der Waals surface area contributed by atoms with E-state index < -0.39 is 5.97 Å². The molecule has 1 rings (SSSR count). The monoisotopic (exact) mass is 248 g/mol. The van der Waals surface area contributed by atoms with Gasteiger partial charge < -0.3 is 5.11 Å². The summed E-state index contributed by atoms with van der Waals surface area (Å²) in [6, 6.07) is 8.28. The van der Waals surface area contributed by atoms with Crippen LogP contribution in [0.25, 0.3) is 0 Å². The maximum Gasteiger partial charge on any atom is 0.304 e. The third-order valence-electron chi connectivity index (χ3n) is 3.71. The van der Waals surface area contributed by atoms with Crippen LogP contribution in [0, 0.1) is 0 Å². The second-order valence-corrected chi connectivity index (χ2v) is 5.56. The van der Waals surface area contributed by atoms with Gasteiger partial charge >= 0.3 is 5.97 Å². The van der Waals surface area contributed by atoms with Gasteiger partial charge in [-0.3, -0.25) is 4.79 Å². The maximum absolute atomic E-state index is 11.0. The van der Waals surface area contributed by atoms with Crippen LogP contribution in [0.15, 0.2) is 24.3 Å². The summed E-state index contributed by atoms with van der Waals surface area (Å²) in [5.41, 5.74) is 2.18. The Hall–Kier alpha value is -1.31. The molecule has 0 saturated carbocycles. The Labute approximate surface area is 110 Å².